The first kappa shape index (κ1) is 19.5. The number of alkyl halides is 9. The highest BCUT2D eigenvalue weighted by Gasteiger charge is 2.69. The summed E-state index contributed by atoms with van der Waals surface area (Å²) in [6.07, 6.45) is -12.1. The third-order valence-electron chi connectivity index (χ3n) is 1.84. The van der Waals surface area contributed by atoms with Crippen LogP contribution in [-0.4, -0.2) is 43.3 Å². The Kier molecular flexibility index (Phi) is 5.69. The summed E-state index contributed by atoms with van der Waals surface area (Å²) in [6, 6.07) is 0. The molecule has 0 fully saturated rings. The summed E-state index contributed by atoms with van der Waals surface area (Å²) in [4.78, 5) is 10.4. The first-order valence-corrected chi connectivity index (χ1v) is 4.79. The standard InChI is InChI=1S/C9H7F9O3/c1-2-5(19)20-4-7(13,14)9(17,18)21-8(15,16)6(11,12)3-10/h2H,1,3-4H2. The molecule has 3 nitrogen and oxygen atoms in total. The van der Waals surface area contributed by atoms with Gasteiger partial charge in [-0.25, -0.2) is 13.9 Å². The maximum absolute atomic E-state index is 12.9. The van der Waals surface area contributed by atoms with Crippen LogP contribution in [-0.2, 0) is 14.3 Å². The molecule has 0 N–H and O–H groups in total. The van der Waals surface area contributed by atoms with Crippen molar-refractivity contribution in [3.05, 3.63) is 12.7 Å². The molecule has 0 amide bonds. The molecule has 0 saturated heterocycles. The van der Waals surface area contributed by atoms with Gasteiger partial charge in [-0.2, -0.15) is 35.1 Å². The van der Waals surface area contributed by atoms with Gasteiger partial charge in [-0.3, -0.25) is 0 Å². The highest BCUT2D eigenvalue weighted by atomic mass is 19.3. The molecular weight excluding hydrogens is 327 g/mol. The van der Waals surface area contributed by atoms with Crippen molar-refractivity contribution in [3.8, 4) is 0 Å². The number of ether oxygens (including phenoxy) is 2. The van der Waals surface area contributed by atoms with Crippen LogP contribution in [0, 0.1) is 0 Å². The van der Waals surface area contributed by atoms with Gasteiger partial charge in [-0.05, 0) is 0 Å². The maximum atomic E-state index is 12.9. The molecule has 0 unspecified atom stereocenters. The number of carbonyl (C=O) groups excluding carboxylic acids is 1. The molecular formula is C9H7F9O3. The van der Waals surface area contributed by atoms with E-state index >= 15 is 0 Å². The lowest BCUT2D eigenvalue weighted by Gasteiger charge is -2.31. The van der Waals surface area contributed by atoms with Crippen molar-refractivity contribution in [1.82, 2.24) is 0 Å². The molecule has 12 heteroatoms. The molecule has 0 bridgehead atoms. The zero-order valence-electron chi connectivity index (χ0n) is 9.83. The summed E-state index contributed by atoms with van der Waals surface area (Å²) < 4.78 is 118. The second-order valence-electron chi connectivity index (χ2n) is 3.49. The normalized spacial score (nSPS) is 14.0. The molecule has 124 valence electrons. The Morgan fingerprint density at radius 2 is 1.38 bits per heavy atom. The Balaban J connectivity index is 5.10. The lowest BCUT2D eigenvalue weighted by Crippen LogP contribution is -2.55. The number of carbonyl (C=O) groups is 1. The molecule has 0 spiro atoms. The molecule has 0 rings (SSSR count). The molecule has 0 aromatic carbocycles. The van der Waals surface area contributed by atoms with Crippen molar-refractivity contribution >= 4 is 5.97 Å². The van der Waals surface area contributed by atoms with Crippen LogP contribution < -0.4 is 0 Å². The van der Waals surface area contributed by atoms with Gasteiger partial charge in [0.1, 0.15) is 0 Å². The zero-order valence-corrected chi connectivity index (χ0v) is 9.83. The van der Waals surface area contributed by atoms with Gasteiger partial charge in [0.25, 0.3) is 0 Å². The third-order valence-corrected chi connectivity index (χ3v) is 1.84. The summed E-state index contributed by atoms with van der Waals surface area (Å²) in [7, 11) is 0. The fraction of sp³-hybridized carbons (Fsp3) is 0.667. The van der Waals surface area contributed by atoms with Gasteiger partial charge in [-0.1, -0.05) is 6.58 Å². The Morgan fingerprint density at radius 1 is 0.952 bits per heavy atom. The van der Waals surface area contributed by atoms with E-state index in [1.165, 1.54) is 0 Å². The molecule has 0 radical (unpaired) electrons. The minimum atomic E-state index is -6.23. The highest BCUT2D eigenvalue weighted by molar-refractivity contribution is 5.81. The van der Waals surface area contributed by atoms with Crippen molar-refractivity contribution in [2.75, 3.05) is 13.3 Å². The first-order chi connectivity index (χ1) is 9.22. The van der Waals surface area contributed by atoms with Gasteiger partial charge >= 0.3 is 30.0 Å². The molecule has 21 heavy (non-hydrogen) atoms. The Hall–Kier alpha value is -1.46. The first-order valence-electron chi connectivity index (χ1n) is 4.79. The number of rotatable bonds is 8. The Labute approximate surface area is 111 Å². The van der Waals surface area contributed by atoms with Crippen molar-refractivity contribution in [2.45, 2.75) is 24.1 Å². The summed E-state index contributed by atoms with van der Waals surface area (Å²) in [6.45, 7) is -2.86. The van der Waals surface area contributed by atoms with Crippen LogP contribution in [0.3, 0.4) is 0 Å². The van der Waals surface area contributed by atoms with Crippen molar-refractivity contribution in [1.29, 1.82) is 0 Å². The average molecular weight is 334 g/mol. The Bertz CT molecular complexity index is 394. The lowest BCUT2D eigenvalue weighted by atomic mass is 10.3. The fourth-order valence-electron chi connectivity index (χ4n) is 0.693. The van der Waals surface area contributed by atoms with Crippen molar-refractivity contribution < 1.29 is 53.8 Å². The molecule has 0 aromatic rings. The van der Waals surface area contributed by atoms with Gasteiger partial charge in [0.05, 0.1) is 0 Å². The highest BCUT2D eigenvalue weighted by Crippen LogP contribution is 2.45. The smallest absolute Gasteiger partial charge is 0.427 e. The van der Waals surface area contributed by atoms with Gasteiger partial charge in [0, 0.05) is 6.08 Å². The quantitative estimate of drug-likeness (QED) is 0.389. The average Bonchev–Trinajstić information content (AvgIpc) is 2.34. The number of hydrogen-bond donors (Lipinski definition) is 0. The van der Waals surface area contributed by atoms with E-state index in [4.69, 9.17) is 0 Å². The van der Waals surface area contributed by atoms with E-state index in [0.717, 1.165) is 0 Å². The summed E-state index contributed by atoms with van der Waals surface area (Å²) in [5.74, 6) is -12.9. The Morgan fingerprint density at radius 3 is 1.76 bits per heavy atom. The van der Waals surface area contributed by atoms with E-state index in [2.05, 4.69) is 16.1 Å². The minimum Gasteiger partial charge on any atom is -0.456 e. The van der Waals surface area contributed by atoms with Gasteiger partial charge < -0.3 is 4.74 Å². The lowest BCUT2D eigenvalue weighted by molar-refractivity contribution is -0.469. The summed E-state index contributed by atoms with van der Waals surface area (Å²) in [5, 5.41) is 0. The van der Waals surface area contributed by atoms with Gasteiger partial charge in [0.15, 0.2) is 13.3 Å². The van der Waals surface area contributed by atoms with Crippen LogP contribution in [0.4, 0.5) is 39.5 Å². The molecule has 0 saturated carbocycles. The van der Waals surface area contributed by atoms with Crippen LogP contribution >= 0.6 is 0 Å². The van der Waals surface area contributed by atoms with E-state index < -0.39 is 43.3 Å². The second kappa shape index (κ2) is 6.12. The fourth-order valence-corrected chi connectivity index (χ4v) is 0.693. The van der Waals surface area contributed by atoms with Crippen molar-refractivity contribution in [2.24, 2.45) is 0 Å². The summed E-state index contributed by atoms with van der Waals surface area (Å²) >= 11 is 0. The molecule has 0 aromatic heterocycles. The monoisotopic (exact) mass is 334 g/mol. The molecule has 0 aliphatic rings. The molecule has 0 atom stereocenters. The number of halogens is 9. The van der Waals surface area contributed by atoms with E-state index in [0.29, 0.717) is 6.08 Å². The van der Waals surface area contributed by atoms with E-state index in [-0.39, 0.29) is 0 Å². The minimum absolute atomic E-state index is 0.293. The van der Waals surface area contributed by atoms with Crippen LogP contribution in [0.25, 0.3) is 0 Å². The van der Waals surface area contributed by atoms with Crippen LogP contribution in [0.5, 0.6) is 0 Å². The van der Waals surface area contributed by atoms with Crippen LogP contribution in [0.15, 0.2) is 12.7 Å². The summed E-state index contributed by atoms with van der Waals surface area (Å²) in [5.41, 5.74) is 0. The van der Waals surface area contributed by atoms with Crippen LogP contribution in [0.2, 0.25) is 0 Å². The molecule has 0 aliphatic heterocycles. The van der Waals surface area contributed by atoms with Crippen molar-refractivity contribution in [3.63, 3.8) is 0 Å². The molecule has 0 aliphatic carbocycles. The SMILES string of the molecule is C=CC(=O)OCC(F)(F)C(F)(F)OC(F)(F)C(F)(F)CF. The number of hydrogen-bond acceptors (Lipinski definition) is 3. The largest absolute Gasteiger partial charge is 0.456 e. The van der Waals surface area contributed by atoms with Gasteiger partial charge in [-0.15, -0.1) is 0 Å². The maximum Gasteiger partial charge on any atom is 0.427 e. The van der Waals surface area contributed by atoms with E-state index in [9.17, 15) is 44.3 Å². The van der Waals surface area contributed by atoms with E-state index in [1.807, 2.05) is 0 Å². The molecule has 0 heterocycles. The number of esters is 1. The topological polar surface area (TPSA) is 35.5 Å². The third kappa shape index (κ3) is 4.51. The van der Waals surface area contributed by atoms with E-state index in [1.54, 1.807) is 0 Å². The predicted octanol–water partition coefficient (Wildman–Crippen LogP) is 3.16. The zero-order chi connectivity index (χ0) is 17.1. The predicted molar refractivity (Wildman–Crippen MR) is 48.0 cm³/mol. The van der Waals surface area contributed by atoms with Crippen LogP contribution in [0.1, 0.15) is 0 Å². The second-order valence-corrected chi connectivity index (χ2v) is 3.49. The van der Waals surface area contributed by atoms with Gasteiger partial charge in [0.2, 0.25) is 0 Å².